The summed E-state index contributed by atoms with van der Waals surface area (Å²) < 4.78 is 39.5. The van der Waals surface area contributed by atoms with Gasteiger partial charge in [-0.2, -0.15) is 0 Å². The summed E-state index contributed by atoms with van der Waals surface area (Å²) in [5.41, 5.74) is 4.15. The first kappa shape index (κ1) is 25.0. The third kappa shape index (κ3) is 4.18. The van der Waals surface area contributed by atoms with Gasteiger partial charge in [0.25, 0.3) is 0 Å². The zero-order chi connectivity index (χ0) is 26.7. The van der Waals surface area contributed by atoms with E-state index >= 15 is 0 Å². The van der Waals surface area contributed by atoms with Crippen LogP contribution in [-0.2, 0) is 25.0 Å². The van der Waals surface area contributed by atoms with Crippen LogP contribution in [0.3, 0.4) is 0 Å². The lowest BCUT2D eigenvalue weighted by atomic mass is 9.92. The molecule has 0 atom stereocenters. The molecule has 0 bridgehead atoms. The first-order chi connectivity index (χ1) is 18.2. The lowest BCUT2D eigenvalue weighted by Crippen LogP contribution is -2.43. The fourth-order valence-electron chi connectivity index (χ4n) is 5.22. The fraction of sp³-hybridized carbons (Fsp3) is 0.444. The summed E-state index contributed by atoms with van der Waals surface area (Å²) in [6, 6.07) is 7.66. The maximum Gasteiger partial charge on any atom is 0.240 e. The standard InChI is InChI=1S/C27H31N5O5S/c1-31(2)9-4-10-37-25-22(30-38(34,35)19-15-36-16-19)12-18(13-29-25)17-5-6-21-20(11-17)24-23(14-28-21)32(3)26(33)27(24)7-8-27/h5-6,11-14,19,30H,4,7-10,15-16H2,1-3H3. The number of sulfonamides is 1. The largest absolute Gasteiger partial charge is 0.476 e. The van der Waals surface area contributed by atoms with E-state index in [1.165, 1.54) is 0 Å². The summed E-state index contributed by atoms with van der Waals surface area (Å²) in [4.78, 5) is 25.9. The fourth-order valence-corrected chi connectivity index (χ4v) is 6.39. The van der Waals surface area contributed by atoms with Crippen molar-refractivity contribution in [2.45, 2.75) is 29.9 Å². The molecule has 2 aromatic heterocycles. The SMILES string of the molecule is CN(C)CCCOc1ncc(-c2ccc3ncc4c(c3c2)C2(CC2)C(=O)N4C)cc1NS(=O)(=O)C1COC1. The number of nitrogens with zero attached hydrogens (tertiary/aromatic N) is 4. The van der Waals surface area contributed by atoms with Crippen LogP contribution in [0.4, 0.5) is 11.4 Å². The average Bonchev–Trinajstić information content (AvgIpc) is 3.61. The van der Waals surface area contributed by atoms with Gasteiger partial charge in [0.05, 0.1) is 42.6 Å². The van der Waals surface area contributed by atoms with Gasteiger partial charge in [-0.25, -0.2) is 13.4 Å². The van der Waals surface area contributed by atoms with Crippen LogP contribution in [0.1, 0.15) is 24.8 Å². The van der Waals surface area contributed by atoms with Crippen molar-refractivity contribution in [2.24, 2.45) is 0 Å². The number of fused-ring (bicyclic) bond motifs is 4. The first-order valence-electron chi connectivity index (χ1n) is 12.8. The number of nitrogens with one attached hydrogen (secondary N) is 1. The van der Waals surface area contributed by atoms with Gasteiger partial charge in [-0.3, -0.25) is 14.5 Å². The summed E-state index contributed by atoms with van der Waals surface area (Å²) in [5, 5.41) is 0.333. The molecule has 1 aliphatic carbocycles. The number of ether oxygens (including phenoxy) is 2. The summed E-state index contributed by atoms with van der Waals surface area (Å²) >= 11 is 0. The monoisotopic (exact) mass is 537 g/mol. The van der Waals surface area contributed by atoms with Gasteiger partial charge in [-0.15, -0.1) is 0 Å². The van der Waals surface area contributed by atoms with E-state index in [4.69, 9.17) is 9.47 Å². The minimum Gasteiger partial charge on any atom is -0.476 e. The van der Waals surface area contributed by atoms with Crippen LogP contribution < -0.4 is 14.4 Å². The predicted octanol–water partition coefficient (Wildman–Crippen LogP) is 2.78. The van der Waals surface area contributed by atoms with Gasteiger partial charge in [-0.05, 0) is 57.1 Å². The van der Waals surface area contributed by atoms with Gasteiger partial charge in [0.15, 0.2) is 0 Å². The molecule has 1 N–H and O–H groups in total. The van der Waals surface area contributed by atoms with E-state index in [1.807, 2.05) is 32.3 Å². The average molecular weight is 538 g/mol. The molecule has 4 heterocycles. The second-order valence-electron chi connectivity index (χ2n) is 10.6. The van der Waals surface area contributed by atoms with Crippen molar-refractivity contribution >= 4 is 38.2 Å². The van der Waals surface area contributed by atoms with E-state index in [0.29, 0.717) is 12.3 Å². The summed E-state index contributed by atoms with van der Waals surface area (Å²) in [7, 11) is 2.12. The molecule has 10 nitrogen and oxygen atoms in total. The van der Waals surface area contributed by atoms with Crippen molar-refractivity contribution in [3.63, 3.8) is 0 Å². The van der Waals surface area contributed by atoms with Crippen molar-refractivity contribution in [3.05, 3.63) is 42.2 Å². The molecule has 1 spiro atoms. The molecule has 0 radical (unpaired) electrons. The number of hydrogen-bond donors (Lipinski definition) is 1. The Bertz CT molecular complexity index is 1530. The number of likely N-dealkylation sites (N-methyl/N-ethyl adjacent to an activating group) is 1. The number of carbonyl (C=O) groups excluding carboxylic acids is 1. The van der Waals surface area contributed by atoms with Gasteiger partial charge in [0, 0.05) is 36.3 Å². The molecule has 3 aliphatic rings. The van der Waals surface area contributed by atoms with Crippen LogP contribution in [0.15, 0.2) is 36.7 Å². The highest BCUT2D eigenvalue weighted by Gasteiger charge is 2.59. The minimum atomic E-state index is -3.66. The maximum absolute atomic E-state index is 13.0. The van der Waals surface area contributed by atoms with E-state index in [2.05, 4.69) is 19.6 Å². The Morgan fingerprint density at radius 2 is 1.95 bits per heavy atom. The predicted molar refractivity (Wildman–Crippen MR) is 145 cm³/mol. The first-order valence-corrected chi connectivity index (χ1v) is 14.3. The van der Waals surface area contributed by atoms with Gasteiger partial charge in [-0.1, -0.05) is 6.07 Å². The number of pyridine rings is 2. The Kier molecular flexibility index (Phi) is 6.04. The zero-order valence-corrected chi connectivity index (χ0v) is 22.5. The molecular formula is C27H31N5O5S. The highest BCUT2D eigenvalue weighted by Crippen LogP contribution is 2.58. The summed E-state index contributed by atoms with van der Waals surface area (Å²) in [6.45, 7) is 1.58. The molecule has 3 aromatic rings. The topological polar surface area (TPSA) is 114 Å². The van der Waals surface area contributed by atoms with Gasteiger partial charge >= 0.3 is 0 Å². The Morgan fingerprint density at radius 1 is 1.16 bits per heavy atom. The molecule has 1 saturated carbocycles. The van der Waals surface area contributed by atoms with Crippen molar-refractivity contribution in [1.29, 1.82) is 0 Å². The number of benzene rings is 1. The Morgan fingerprint density at radius 3 is 2.63 bits per heavy atom. The smallest absolute Gasteiger partial charge is 0.240 e. The van der Waals surface area contributed by atoms with Crippen LogP contribution in [0, 0.1) is 0 Å². The molecule has 38 heavy (non-hydrogen) atoms. The van der Waals surface area contributed by atoms with Gasteiger partial charge in [0.2, 0.25) is 21.8 Å². The van der Waals surface area contributed by atoms with Crippen LogP contribution >= 0.6 is 0 Å². The highest BCUT2D eigenvalue weighted by atomic mass is 32.2. The minimum absolute atomic E-state index is 0.126. The molecule has 2 aliphatic heterocycles. The maximum atomic E-state index is 13.0. The third-order valence-electron chi connectivity index (χ3n) is 7.62. The summed E-state index contributed by atoms with van der Waals surface area (Å²) in [6.07, 6.45) is 5.92. The van der Waals surface area contributed by atoms with Crippen LogP contribution in [0.2, 0.25) is 0 Å². The van der Waals surface area contributed by atoms with E-state index in [9.17, 15) is 13.2 Å². The normalized spacial score (nSPS) is 18.2. The zero-order valence-electron chi connectivity index (χ0n) is 21.7. The van der Waals surface area contributed by atoms with E-state index in [0.717, 1.165) is 59.1 Å². The number of anilines is 2. The van der Waals surface area contributed by atoms with Crippen LogP contribution in [0.5, 0.6) is 5.88 Å². The molecule has 1 aromatic carbocycles. The molecule has 200 valence electrons. The molecular weight excluding hydrogens is 506 g/mol. The highest BCUT2D eigenvalue weighted by molar-refractivity contribution is 7.93. The molecule has 6 rings (SSSR count). The molecule has 11 heteroatoms. The van der Waals surface area contributed by atoms with Crippen molar-refractivity contribution < 1.29 is 22.7 Å². The van der Waals surface area contributed by atoms with Gasteiger partial charge in [0.1, 0.15) is 10.9 Å². The molecule has 0 unspecified atom stereocenters. The molecule has 1 saturated heterocycles. The van der Waals surface area contributed by atoms with E-state index in [-0.39, 0.29) is 25.0 Å². The van der Waals surface area contributed by atoms with Crippen molar-refractivity contribution in [1.82, 2.24) is 14.9 Å². The number of rotatable bonds is 9. The Hall–Kier alpha value is -3.28. The van der Waals surface area contributed by atoms with Crippen molar-refractivity contribution in [2.75, 3.05) is 57.1 Å². The van der Waals surface area contributed by atoms with Gasteiger partial charge < -0.3 is 19.3 Å². The van der Waals surface area contributed by atoms with E-state index < -0.39 is 20.7 Å². The molecule has 1 amide bonds. The number of amides is 1. The number of carbonyl (C=O) groups is 1. The van der Waals surface area contributed by atoms with Crippen molar-refractivity contribution in [3.8, 4) is 17.0 Å². The molecule has 2 fully saturated rings. The number of hydrogen-bond acceptors (Lipinski definition) is 8. The lowest BCUT2D eigenvalue weighted by molar-refractivity contribution is -0.119. The third-order valence-corrected chi connectivity index (χ3v) is 9.28. The number of aromatic nitrogens is 2. The van der Waals surface area contributed by atoms with Crippen LogP contribution in [-0.4, -0.2) is 82.0 Å². The van der Waals surface area contributed by atoms with Crippen LogP contribution in [0.25, 0.3) is 22.0 Å². The summed E-state index contributed by atoms with van der Waals surface area (Å²) in [5.74, 6) is 0.366. The quantitative estimate of drug-likeness (QED) is 0.415. The Labute approximate surface area is 222 Å². The van der Waals surface area contributed by atoms with E-state index in [1.54, 1.807) is 30.4 Å². The second-order valence-corrected chi connectivity index (χ2v) is 12.5. The second kappa shape index (κ2) is 9.18. The Balaban J connectivity index is 1.38. The lowest BCUT2D eigenvalue weighted by Gasteiger charge is -2.26.